The van der Waals surface area contributed by atoms with Gasteiger partial charge in [-0.1, -0.05) is 6.07 Å². The molecule has 25 heavy (non-hydrogen) atoms. The van der Waals surface area contributed by atoms with Gasteiger partial charge in [-0.25, -0.2) is 13.1 Å². The summed E-state index contributed by atoms with van der Waals surface area (Å²) < 4.78 is 26.8. The van der Waals surface area contributed by atoms with Gasteiger partial charge in [-0.15, -0.1) is 0 Å². The Hall–Kier alpha value is -2.45. The number of rotatable bonds is 8. The molecule has 0 bridgehead atoms. The van der Waals surface area contributed by atoms with Crippen LogP contribution >= 0.6 is 0 Å². The number of hydrogen-bond acceptors (Lipinski definition) is 5. The molecule has 0 radical (unpaired) electrons. The molecule has 0 spiro atoms. The molecule has 1 aromatic carbocycles. The summed E-state index contributed by atoms with van der Waals surface area (Å²) in [5.41, 5.74) is 6.98. The number of aromatic nitrogens is 1. The second kappa shape index (κ2) is 7.62. The van der Waals surface area contributed by atoms with Crippen LogP contribution in [0.2, 0.25) is 0 Å². The topological polar surface area (TPSA) is 100 Å². The molecule has 1 fully saturated rings. The Labute approximate surface area is 146 Å². The molecule has 3 N–H and O–H groups in total. The summed E-state index contributed by atoms with van der Waals surface area (Å²) >= 11 is 0. The smallest absolute Gasteiger partial charge is 0.240 e. The first kappa shape index (κ1) is 17.4. The molecular formula is C17H20N4O3S. The van der Waals surface area contributed by atoms with Gasteiger partial charge in [0.1, 0.15) is 0 Å². The number of aryl methyl sites for hydroxylation is 1. The molecule has 1 heterocycles. The average molecular weight is 360 g/mol. The van der Waals surface area contributed by atoms with Gasteiger partial charge in [0.2, 0.25) is 15.9 Å². The van der Waals surface area contributed by atoms with Crippen molar-refractivity contribution < 1.29 is 13.2 Å². The van der Waals surface area contributed by atoms with Crippen molar-refractivity contribution in [1.29, 1.82) is 0 Å². The molecule has 1 aliphatic rings. The summed E-state index contributed by atoms with van der Waals surface area (Å²) in [7, 11) is -3.46. The molecule has 3 rings (SSSR count). The van der Waals surface area contributed by atoms with Gasteiger partial charge in [0.05, 0.1) is 10.6 Å². The Morgan fingerprint density at radius 1 is 1.16 bits per heavy atom. The predicted molar refractivity (Wildman–Crippen MR) is 94.1 cm³/mol. The van der Waals surface area contributed by atoms with Crippen LogP contribution in [0.15, 0.2) is 53.7 Å². The standard InChI is InChI=1S/C17H20N4O3S/c22-17(10-3-13-2-1-11-18-12-13)20-19-14-6-8-16(9-7-14)25(23,24)21-15-4-5-15/h1-2,6-9,11-12,15,19,21H,3-5,10H2,(H,20,22). The van der Waals surface area contributed by atoms with Crippen molar-refractivity contribution in [3.8, 4) is 0 Å². The molecule has 0 atom stereocenters. The number of amides is 1. The third-order valence-corrected chi connectivity index (χ3v) is 5.31. The maximum Gasteiger partial charge on any atom is 0.240 e. The van der Waals surface area contributed by atoms with Crippen LogP contribution in [0.25, 0.3) is 0 Å². The zero-order valence-electron chi connectivity index (χ0n) is 13.6. The molecule has 1 aliphatic carbocycles. The summed E-state index contributed by atoms with van der Waals surface area (Å²) in [6.07, 6.45) is 6.14. The van der Waals surface area contributed by atoms with E-state index >= 15 is 0 Å². The van der Waals surface area contributed by atoms with E-state index in [0.717, 1.165) is 18.4 Å². The van der Waals surface area contributed by atoms with Gasteiger partial charge in [-0.2, -0.15) is 0 Å². The van der Waals surface area contributed by atoms with Gasteiger partial charge >= 0.3 is 0 Å². The summed E-state index contributed by atoms with van der Waals surface area (Å²) in [4.78, 5) is 16.1. The van der Waals surface area contributed by atoms with Crippen molar-refractivity contribution in [2.75, 3.05) is 5.43 Å². The quantitative estimate of drug-likeness (QED) is 0.621. The number of carbonyl (C=O) groups excluding carboxylic acids is 1. The highest BCUT2D eigenvalue weighted by atomic mass is 32.2. The van der Waals surface area contributed by atoms with E-state index in [1.54, 1.807) is 24.5 Å². The Kier molecular flexibility index (Phi) is 5.30. The van der Waals surface area contributed by atoms with E-state index in [1.165, 1.54) is 12.1 Å². The number of pyridine rings is 1. The van der Waals surface area contributed by atoms with Crippen LogP contribution in [0.1, 0.15) is 24.8 Å². The number of benzene rings is 1. The molecule has 1 aromatic heterocycles. The largest absolute Gasteiger partial charge is 0.299 e. The van der Waals surface area contributed by atoms with Crippen molar-refractivity contribution in [2.45, 2.75) is 36.6 Å². The van der Waals surface area contributed by atoms with Crippen LogP contribution in [0.3, 0.4) is 0 Å². The summed E-state index contributed by atoms with van der Waals surface area (Å²) in [5, 5.41) is 0. The number of hydrazine groups is 1. The molecule has 0 saturated heterocycles. The van der Waals surface area contributed by atoms with Crippen LogP contribution in [0, 0.1) is 0 Å². The lowest BCUT2D eigenvalue weighted by atomic mass is 10.1. The van der Waals surface area contributed by atoms with Gasteiger partial charge in [0.15, 0.2) is 0 Å². The second-order valence-corrected chi connectivity index (χ2v) is 7.67. The normalized spacial score (nSPS) is 14.1. The predicted octanol–water partition coefficient (Wildman–Crippen LogP) is 1.60. The Bertz CT molecular complexity index is 819. The van der Waals surface area contributed by atoms with Gasteiger partial charge in [0, 0.05) is 24.9 Å². The fourth-order valence-electron chi connectivity index (χ4n) is 2.21. The van der Waals surface area contributed by atoms with Crippen LogP contribution in [-0.2, 0) is 21.2 Å². The minimum Gasteiger partial charge on any atom is -0.299 e. The lowest BCUT2D eigenvalue weighted by Gasteiger charge is -2.10. The van der Waals surface area contributed by atoms with E-state index in [1.807, 2.05) is 12.1 Å². The monoisotopic (exact) mass is 360 g/mol. The number of nitrogens with zero attached hydrogens (tertiary/aromatic N) is 1. The zero-order valence-corrected chi connectivity index (χ0v) is 14.4. The highest BCUT2D eigenvalue weighted by Crippen LogP contribution is 2.22. The number of sulfonamides is 1. The molecule has 1 saturated carbocycles. The van der Waals surface area contributed by atoms with Crippen molar-refractivity contribution in [3.05, 3.63) is 54.4 Å². The van der Waals surface area contributed by atoms with Crippen molar-refractivity contribution in [1.82, 2.24) is 15.1 Å². The van der Waals surface area contributed by atoms with E-state index in [2.05, 4.69) is 20.6 Å². The fourth-order valence-corrected chi connectivity index (χ4v) is 3.52. The Morgan fingerprint density at radius 2 is 1.92 bits per heavy atom. The van der Waals surface area contributed by atoms with Gasteiger partial charge < -0.3 is 0 Å². The highest BCUT2D eigenvalue weighted by molar-refractivity contribution is 7.89. The third-order valence-electron chi connectivity index (χ3n) is 3.77. The first-order valence-electron chi connectivity index (χ1n) is 8.09. The zero-order chi connectivity index (χ0) is 17.7. The van der Waals surface area contributed by atoms with Crippen molar-refractivity contribution in [3.63, 3.8) is 0 Å². The summed E-state index contributed by atoms with van der Waals surface area (Å²) in [6, 6.07) is 10.1. The maximum atomic E-state index is 12.1. The summed E-state index contributed by atoms with van der Waals surface area (Å²) in [6.45, 7) is 0. The molecule has 2 aromatic rings. The van der Waals surface area contributed by atoms with Crippen LogP contribution < -0.4 is 15.6 Å². The first-order valence-corrected chi connectivity index (χ1v) is 9.57. The molecule has 8 heteroatoms. The van der Waals surface area contributed by atoms with E-state index < -0.39 is 10.0 Å². The lowest BCUT2D eigenvalue weighted by molar-refractivity contribution is -0.120. The molecule has 0 unspecified atom stereocenters. The molecule has 7 nitrogen and oxygen atoms in total. The van der Waals surface area contributed by atoms with Gasteiger partial charge in [0.25, 0.3) is 0 Å². The van der Waals surface area contributed by atoms with Gasteiger partial charge in [-0.3, -0.25) is 20.6 Å². The minimum atomic E-state index is -3.46. The fraction of sp³-hybridized carbons (Fsp3) is 0.294. The SMILES string of the molecule is O=C(CCc1cccnc1)NNc1ccc(S(=O)(=O)NC2CC2)cc1. The van der Waals surface area contributed by atoms with Crippen molar-refractivity contribution >= 4 is 21.6 Å². The Balaban J connectivity index is 1.47. The number of carbonyl (C=O) groups is 1. The van der Waals surface area contributed by atoms with E-state index in [4.69, 9.17) is 0 Å². The van der Waals surface area contributed by atoms with Crippen LogP contribution in [-0.4, -0.2) is 25.4 Å². The van der Waals surface area contributed by atoms with Crippen molar-refractivity contribution in [2.24, 2.45) is 0 Å². The summed E-state index contributed by atoms with van der Waals surface area (Å²) in [5.74, 6) is -0.157. The minimum absolute atomic E-state index is 0.0712. The van der Waals surface area contributed by atoms with Gasteiger partial charge in [-0.05, 0) is 55.2 Å². The molecular weight excluding hydrogens is 340 g/mol. The second-order valence-electron chi connectivity index (χ2n) is 5.95. The molecule has 132 valence electrons. The lowest BCUT2D eigenvalue weighted by Crippen LogP contribution is -2.29. The van der Waals surface area contributed by atoms with E-state index in [9.17, 15) is 13.2 Å². The molecule has 0 aliphatic heterocycles. The van der Waals surface area contributed by atoms with E-state index in [0.29, 0.717) is 18.5 Å². The number of anilines is 1. The highest BCUT2D eigenvalue weighted by Gasteiger charge is 2.27. The average Bonchev–Trinajstić information content (AvgIpc) is 3.43. The maximum absolute atomic E-state index is 12.1. The molecule has 1 amide bonds. The van der Waals surface area contributed by atoms with Crippen LogP contribution in [0.5, 0.6) is 0 Å². The van der Waals surface area contributed by atoms with E-state index in [-0.39, 0.29) is 16.8 Å². The number of nitrogens with one attached hydrogen (secondary N) is 3. The van der Waals surface area contributed by atoms with Crippen LogP contribution in [0.4, 0.5) is 5.69 Å². The number of hydrogen-bond donors (Lipinski definition) is 3. The third kappa shape index (κ3) is 5.27. The first-order chi connectivity index (χ1) is 12.0. The Morgan fingerprint density at radius 3 is 2.56 bits per heavy atom.